The fraction of sp³-hybridized carbons (Fsp3) is 0.684. The lowest BCUT2D eigenvalue weighted by molar-refractivity contribution is -0.143. The second-order valence-electron chi connectivity index (χ2n) is 8.48. The molecule has 0 radical (unpaired) electrons. The number of nitrogens with two attached hydrogens (primary N) is 1. The van der Waals surface area contributed by atoms with E-state index in [4.69, 9.17) is 10.5 Å². The first-order valence-electron chi connectivity index (χ1n) is 10.4. The van der Waals surface area contributed by atoms with E-state index in [1.54, 1.807) is 0 Å². The van der Waals surface area contributed by atoms with Crippen molar-refractivity contribution in [2.45, 2.75) is 50.5 Å². The number of halogens is 4. The zero-order chi connectivity index (χ0) is 23.0. The van der Waals surface area contributed by atoms with Crippen LogP contribution in [0.5, 0.6) is 0 Å². The number of aromatic nitrogens is 5. The van der Waals surface area contributed by atoms with E-state index in [9.17, 15) is 22.4 Å². The lowest BCUT2D eigenvalue weighted by Crippen LogP contribution is -2.43. The summed E-state index contributed by atoms with van der Waals surface area (Å²) in [5, 5.41) is 13.2. The van der Waals surface area contributed by atoms with Crippen molar-refractivity contribution in [1.29, 1.82) is 0 Å². The average molecular weight is 459 g/mol. The van der Waals surface area contributed by atoms with E-state index in [-0.39, 0.29) is 23.9 Å². The molecule has 32 heavy (non-hydrogen) atoms. The van der Waals surface area contributed by atoms with E-state index >= 15 is 0 Å². The Morgan fingerprint density at radius 2 is 1.97 bits per heavy atom. The van der Waals surface area contributed by atoms with Gasteiger partial charge in [0.25, 0.3) is 5.95 Å². The van der Waals surface area contributed by atoms with E-state index in [1.165, 1.54) is 13.3 Å². The van der Waals surface area contributed by atoms with Crippen LogP contribution in [0.2, 0.25) is 0 Å². The van der Waals surface area contributed by atoms with Crippen molar-refractivity contribution in [3.05, 3.63) is 24.0 Å². The summed E-state index contributed by atoms with van der Waals surface area (Å²) in [4.78, 5) is 12.7. The molecule has 13 heteroatoms. The number of carbonyl (C=O) groups is 1. The molecule has 3 N–H and O–H groups in total. The van der Waals surface area contributed by atoms with Crippen LogP contribution < -0.4 is 11.1 Å². The fourth-order valence-electron chi connectivity index (χ4n) is 4.21. The molecule has 4 rings (SSSR count). The van der Waals surface area contributed by atoms with E-state index in [0.29, 0.717) is 16.5 Å². The van der Waals surface area contributed by atoms with Crippen molar-refractivity contribution < 1.29 is 27.1 Å². The maximum atomic E-state index is 14.5. The zero-order valence-corrected chi connectivity index (χ0v) is 17.4. The number of rotatable bonds is 10. The molecule has 0 bridgehead atoms. The number of carbonyl (C=O) groups excluding carboxylic acids is 1. The van der Waals surface area contributed by atoms with Crippen LogP contribution in [0.15, 0.2) is 12.4 Å². The molecule has 2 aromatic rings. The van der Waals surface area contributed by atoms with Crippen LogP contribution in [0.3, 0.4) is 0 Å². The van der Waals surface area contributed by atoms with Gasteiger partial charge in [-0.2, -0.15) is 17.6 Å². The van der Waals surface area contributed by atoms with Gasteiger partial charge in [-0.05, 0) is 43.4 Å². The van der Waals surface area contributed by atoms with E-state index < -0.39 is 36.7 Å². The molecule has 0 aliphatic heterocycles. The predicted molar refractivity (Wildman–Crippen MR) is 104 cm³/mol. The van der Waals surface area contributed by atoms with Crippen LogP contribution in [0, 0.1) is 23.7 Å². The van der Waals surface area contributed by atoms with Gasteiger partial charge in [-0.25, -0.2) is 4.68 Å². The third kappa shape index (κ3) is 5.09. The molecule has 1 amide bonds. The molecular formula is C19H25F4N7O2. The minimum Gasteiger partial charge on any atom is -0.382 e. The van der Waals surface area contributed by atoms with Crippen LogP contribution in [-0.2, 0) is 16.1 Å². The minimum atomic E-state index is -4.52. The highest BCUT2D eigenvalue weighted by Crippen LogP contribution is 2.50. The Morgan fingerprint density at radius 1 is 1.31 bits per heavy atom. The summed E-state index contributed by atoms with van der Waals surface area (Å²) in [6.07, 6.45) is 2.01. The van der Waals surface area contributed by atoms with E-state index in [2.05, 4.69) is 20.7 Å². The monoisotopic (exact) mass is 459 g/mol. The molecular weight excluding hydrogens is 434 g/mol. The summed E-state index contributed by atoms with van der Waals surface area (Å²) in [6, 6.07) is -1.71. The molecule has 0 saturated heterocycles. The number of anilines is 1. The van der Waals surface area contributed by atoms with Gasteiger partial charge in [-0.3, -0.25) is 9.48 Å². The van der Waals surface area contributed by atoms with Gasteiger partial charge in [0.15, 0.2) is 0 Å². The SMILES string of the molecule is COCC(c1cnnn1CC(F)(F)F)n1cc(NC(=O)[C@@H](N)C(C2CC2)C2CC2)c(F)n1. The first-order valence-corrected chi connectivity index (χ1v) is 10.4. The topological polar surface area (TPSA) is 113 Å². The van der Waals surface area contributed by atoms with Gasteiger partial charge in [0.1, 0.15) is 18.3 Å². The van der Waals surface area contributed by atoms with Gasteiger partial charge in [0.05, 0.1) is 30.7 Å². The number of nitrogens with one attached hydrogen (secondary N) is 1. The second-order valence-corrected chi connectivity index (χ2v) is 8.48. The van der Waals surface area contributed by atoms with Crippen molar-refractivity contribution in [3.63, 3.8) is 0 Å². The molecule has 0 aromatic carbocycles. The zero-order valence-electron chi connectivity index (χ0n) is 17.4. The Hall–Kier alpha value is -2.54. The minimum absolute atomic E-state index is 0.0313. The second kappa shape index (κ2) is 8.77. The summed E-state index contributed by atoms with van der Waals surface area (Å²) >= 11 is 0. The Labute approximate surface area is 181 Å². The van der Waals surface area contributed by atoms with E-state index in [1.807, 2.05) is 0 Å². The lowest BCUT2D eigenvalue weighted by Gasteiger charge is -2.22. The number of methoxy groups -OCH3 is 1. The highest BCUT2D eigenvalue weighted by molar-refractivity contribution is 5.94. The van der Waals surface area contributed by atoms with Gasteiger partial charge < -0.3 is 15.8 Å². The van der Waals surface area contributed by atoms with Crippen molar-refractivity contribution in [2.75, 3.05) is 19.0 Å². The van der Waals surface area contributed by atoms with Gasteiger partial charge in [0, 0.05) is 7.11 Å². The average Bonchev–Trinajstić information content (AvgIpc) is 3.64. The Kier molecular flexibility index (Phi) is 6.21. The van der Waals surface area contributed by atoms with Crippen molar-refractivity contribution in [2.24, 2.45) is 23.5 Å². The number of amides is 1. The Bertz CT molecular complexity index is 940. The smallest absolute Gasteiger partial charge is 0.382 e. The molecule has 2 aliphatic carbocycles. The lowest BCUT2D eigenvalue weighted by atomic mass is 9.89. The summed E-state index contributed by atoms with van der Waals surface area (Å²) in [5.41, 5.74) is 6.03. The first-order chi connectivity index (χ1) is 15.2. The van der Waals surface area contributed by atoms with Crippen LogP contribution in [-0.4, -0.2) is 56.6 Å². The number of hydrogen-bond acceptors (Lipinski definition) is 6. The first kappa shape index (κ1) is 22.6. The largest absolute Gasteiger partial charge is 0.408 e. The van der Waals surface area contributed by atoms with Crippen LogP contribution in [0.4, 0.5) is 23.2 Å². The van der Waals surface area contributed by atoms with E-state index in [0.717, 1.165) is 36.6 Å². The van der Waals surface area contributed by atoms with Gasteiger partial charge in [-0.15, -0.1) is 10.2 Å². The summed E-state index contributed by atoms with van der Waals surface area (Å²) in [5.74, 6) is -0.529. The standard InChI is InChI=1S/C19H25F4N7O2/c1-32-8-14(13-6-25-28-30(13)9-19(21,22)23)29-7-12(17(20)27-29)26-18(31)16(24)15(10-2-3-10)11-4-5-11/h6-7,10-11,14-16H,2-5,8-9,24H2,1H3,(H,26,31)/t14?,16-/m0/s1. The predicted octanol–water partition coefficient (Wildman–Crippen LogP) is 2.11. The highest BCUT2D eigenvalue weighted by atomic mass is 19.4. The van der Waals surface area contributed by atoms with Crippen molar-refractivity contribution in [1.82, 2.24) is 24.8 Å². The Morgan fingerprint density at radius 3 is 2.53 bits per heavy atom. The van der Waals surface area contributed by atoms with Crippen LogP contribution in [0.1, 0.15) is 37.4 Å². The molecule has 2 aromatic heterocycles. The third-order valence-electron chi connectivity index (χ3n) is 5.96. The number of alkyl halides is 3. The van der Waals surface area contributed by atoms with Crippen molar-refractivity contribution in [3.8, 4) is 0 Å². The summed E-state index contributed by atoms with van der Waals surface area (Å²) in [7, 11) is 1.35. The molecule has 2 aliphatic rings. The molecule has 176 valence electrons. The summed E-state index contributed by atoms with van der Waals surface area (Å²) < 4.78 is 60.0. The normalized spacial score (nSPS) is 18.7. The molecule has 2 saturated carbocycles. The molecule has 9 nitrogen and oxygen atoms in total. The fourth-order valence-corrected chi connectivity index (χ4v) is 4.21. The van der Waals surface area contributed by atoms with Crippen LogP contribution in [0.25, 0.3) is 0 Å². The molecule has 2 fully saturated rings. The third-order valence-corrected chi connectivity index (χ3v) is 5.96. The highest BCUT2D eigenvalue weighted by Gasteiger charge is 2.46. The van der Waals surface area contributed by atoms with Gasteiger partial charge >= 0.3 is 6.18 Å². The maximum Gasteiger partial charge on any atom is 0.408 e. The molecule has 2 heterocycles. The molecule has 2 atom stereocenters. The Balaban J connectivity index is 1.52. The molecule has 0 spiro atoms. The summed E-state index contributed by atoms with van der Waals surface area (Å²) in [6.45, 7) is -1.49. The number of ether oxygens (including phenoxy) is 1. The number of nitrogens with zero attached hydrogens (tertiary/aromatic N) is 5. The maximum absolute atomic E-state index is 14.5. The van der Waals surface area contributed by atoms with Crippen molar-refractivity contribution >= 4 is 11.6 Å². The number of hydrogen-bond donors (Lipinski definition) is 2. The van der Waals surface area contributed by atoms with Gasteiger partial charge in [-0.1, -0.05) is 5.21 Å². The van der Waals surface area contributed by atoms with Crippen LogP contribution >= 0.6 is 0 Å². The quantitative estimate of drug-likeness (QED) is 0.527. The van der Waals surface area contributed by atoms with Gasteiger partial charge in [0.2, 0.25) is 5.91 Å². The molecule has 1 unspecified atom stereocenters.